The van der Waals surface area contributed by atoms with Crippen LogP contribution in [0, 0.1) is 6.92 Å². The third-order valence-corrected chi connectivity index (χ3v) is 7.87. The number of ether oxygens (including phenoxy) is 3. The van der Waals surface area contributed by atoms with Crippen LogP contribution in [0.4, 0.5) is 10.5 Å². The quantitative estimate of drug-likeness (QED) is 0.153. The maximum Gasteiger partial charge on any atom is 0.410 e. The number of hydrogen-bond acceptors (Lipinski definition) is 9. The summed E-state index contributed by atoms with van der Waals surface area (Å²) in [4.78, 5) is 46.3. The molecule has 5 rings (SSSR count). The maximum atomic E-state index is 13.7. The Labute approximate surface area is 275 Å². The molecule has 0 aliphatic carbocycles. The lowest BCUT2D eigenvalue weighted by Gasteiger charge is -2.45. The Bertz CT molecular complexity index is 1830. The van der Waals surface area contributed by atoms with Gasteiger partial charge in [-0.15, -0.1) is 0 Å². The van der Waals surface area contributed by atoms with Crippen molar-refractivity contribution >= 4 is 46.0 Å². The largest absolute Gasteiger partial charge is 0.466 e. The molecule has 0 bridgehead atoms. The highest BCUT2D eigenvalue weighted by Crippen LogP contribution is 2.39. The molecule has 1 aliphatic heterocycles. The number of aryl methyl sites for hydroxylation is 2. The number of methoxy groups -OCH3 is 1. The van der Waals surface area contributed by atoms with Crippen molar-refractivity contribution in [3.8, 4) is 17.0 Å². The summed E-state index contributed by atoms with van der Waals surface area (Å²) in [7, 11) is 7.03. The molecule has 1 saturated heterocycles. The number of aliphatic imine (C=N–C) groups is 1. The van der Waals surface area contributed by atoms with E-state index in [0.29, 0.717) is 46.7 Å². The molecule has 13 nitrogen and oxygen atoms in total. The first-order valence-electron chi connectivity index (χ1n) is 15.6. The highest BCUT2D eigenvalue weighted by atomic mass is 16.7. The number of fused-ring (bicyclic) bond motifs is 2. The lowest BCUT2D eigenvalue weighted by molar-refractivity contribution is 0.00564. The summed E-state index contributed by atoms with van der Waals surface area (Å²) in [6, 6.07) is 5.38. The number of nitrogens with zero attached hydrogens (tertiary/aromatic N) is 8. The molecule has 1 aromatic carbocycles. The summed E-state index contributed by atoms with van der Waals surface area (Å²) in [6.45, 7) is 12.7. The summed E-state index contributed by atoms with van der Waals surface area (Å²) in [5.41, 5.74) is 3.79. The van der Waals surface area contributed by atoms with Crippen LogP contribution in [0.15, 0.2) is 35.6 Å². The first-order valence-corrected chi connectivity index (χ1v) is 15.6. The minimum Gasteiger partial charge on any atom is -0.466 e. The number of anilines is 1. The van der Waals surface area contributed by atoms with Gasteiger partial charge in [-0.05, 0) is 59.7 Å². The van der Waals surface area contributed by atoms with Gasteiger partial charge >= 0.3 is 6.09 Å². The van der Waals surface area contributed by atoms with Gasteiger partial charge in [0.05, 0.1) is 47.1 Å². The van der Waals surface area contributed by atoms with Crippen molar-refractivity contribution in [1.29, 1.82) is 0 Å². The fraction of sp³-hybridized carbons (Fsp3) is 0.471. The zero-order chi connectivity index (χ0) is 34.2. The number of carbonyl (C=O) groups is 2. The Morgan fingerprint density at radius 2 is 1.83 bits per heavy atom. The van der Waals surface area contributed by atoms with Gasteiger partial charge in [-0.2, -0.15) is 10.1 Å². The molecule has 250 valence electrons. The van der Waals surface area contributed by atoms with Gasteiger partial charge in [0, 0.05) is 69.4 Å². The second-order valence-corrected chi connectivity index (χ2v) is 13.3. The molecule has 0 N–H and O–H groups in total. The molecule has 47 heavy (non-hydrogen) atoms. The first kappa shape index (κ1) is 33.6. The van der Waals surface area contributed by atoms with E-state index in [1.807, 2.05) is 66.9 Å². The first-order chi connectivity index (χ1) is 22.2. The predicted octanol–water partition coefficient (Wildman–Crippen LogP) is 5.04. The number of piperazine rings is 1. The molecule has 0 saturated carbocycles. The highest BCUT2D eigenvalue weighted by Gasteiger charge is 2.36. The van der Waals surface area contributed by atoms with E-state index < -0.39 is 11.5 Å². The molecule has 0 spiro atoms. The van der Waals surface area contributed by atoms with E-state index in [4.69, 9.17) is 24.2 Å². The maximum absolute atomic E-state index is 13.7. The number of carbonyl (C=O) groups excluding carboxylic acids is 2. The van der Waals surface area contributed by atoms with Crippen LogP contribution in [0.3, 0.4) is 0 Å². The highest BCUT2D eigenvalue weighted by molar-refractivity contribution is 6.09. The lowest BCUT2D eigenvalue weighted by Crippen LogP contribution is -2.59. The number of hydrogen-bond donors (Lipinski definition) is 0. The smallest absolute Gasteiger partial charge is 0.410 e. The van der Waals surface area contributed by atoms with Gasteiger partial charge in [0.15, 0.2) is 12.4 Å². The van der Waals surface area contributed by atoms with Crippen molar-refractivity contribution in [3.63, 3.8) is 0 Å². The lowest BCUT2D eigenvalue weighted by atomic mass is 10.00. The van der Waals surface area contributed by atoms with Gasteiger partial charge in [-0.1, -0.05) is 0 Å². The van der Waals surface area contributed by atoms with Crippen LogP contribution in [-0.2, 0) is 16.5 Å². The fourth-order valence-corrected chi connectivity index (χ4v) is 5.96. The topological polar surface area (TPSA) is 128 Å². The monoisotopic (exact) mass is 644 g/mol. The Balaban J connectivity index is 1.60. The molecule has 1 aliphatic rings. The van der Waals surface area contributed by atoms with Crippen LogP contribution in [0.25, 0.3) is 33.2 Å². The van der Waals surface area contributed by atoms with Crippen LogP contribution < -0.4 is 9.64 Å². The van der Waals surface area contributed by atoms with Crippen LogP contribution in [0.2, 0.25) is 0 Å². The van der Waals surface area contributed by atoms with Crippen molar-refractivity contribution in [1.82, 2.24) is 29.5 Å². The van der Waals surface area contributed by atoms with Crippen LogP contribution >= 0.6 is 0 Å². The summed E-state index contributed by atoms with van der Waals surface area (Å²) in [6.07, 6.45) is 4.83. The van der Waals surface area contributed by atoms with E-state index in [9.17, 15) is 9.59 Å². The fourth-order valence-electron chi connectivity index (χ4n) is 5.96. The second kappa shape index (κ2) is 13.1. The van der Waals surface area contributed by atoms with E-state index >= 15 is 0 Å². The van der Waals surface area contributed by atoms with E-state index in [0.717, 1.165) is 22.2 Å². The minimum atomic E-state index is -0.584. The summed E-state index contributed by atoms with van der Waals surface area (Å²) < 4.78 is 18.7. The summed E-state index contributed by atoms with van der Waals surface area (Å²) in [5.74, 6) is 0.129. The van der Waals surface area contributed by atoms with Crippen molar-refractivity contribution in [2.75, 3.05) is 46.0 Å². The zero-order valence-corrected chi connectivity index (χ0v) is 28.9. The van der Waals surface area contributed by atoms with Crippen molar-refractivity contribution in [2.24, 2.45) is 12.0 Å². The Morgan fingerprint density at radius 1 is 1.13 bits per heavy atom. The molecule has 2 atom stereocenters. The predicted molar refractivity (Wildman–Crippen MR) is 182 cm³/mol. The van der Waals surface area contributed by atoms with Crippen molar-refractivity contribution < 1.29 is 23.8 Å². The number of amides is 2. The Morgan fingerprint density at radius 3 is 2.47 bits per heavy atom. The van der Waals surface area contributed by atoms with Crippen molar-refractivity contribution in [3.05, 3.63) is 41.7 Å². The molecule has 4 aromatic rings. The van der Waals surface area contributed by atoms with E-state index in [1.165, 1.54) is 6.34 Å². The van der Waals surface area contributed by atoms with Crippen molar-refractivity contribution in [2.45, 2.75) is 59.2 Å². The Kier molecular flexibility index (Phi) is 9.39. The van der Waals surface area contributed by atoms with E-state index in [1.54, 1.807) is 47.9 Å². The number of benzene rings is 1. The van der Waals surface area contributed by atoms with Gasteiger partial charge < -0.3 is 24.0 Å². The molecular formula is C34H44N8O5. The van der Waals surface area contributed by atoms with Crippen LogP contribution in [0.5, 0.6) is 5.75 Å². The van der Waals surface area contributed by atoms with Gasteiger partial charge in [-0.25, -0.2) is 14.8 Å². The molecule has 4 heterocycles. The normalized spacial score (nSPS) is 17.1. The number of aromatic nitrogens is 4. The standard InChI is InChI=1S/C34H44N8O5/c1-20-15-41(16-21(2)42(20)33(44)47-34(4,5)6)24-12-25-26(32(43)36-18-39(7)8)13-28(37-31(25)35-14-24)27-11-23-17-40(9)38-29(23)22(3)30(27)46-19-45-10/h11-14,17-18,20-21H,15-16,19H2,1-10H3/b36-18+/t20-,21+. The number of pyridine rings is 2. The minimum absolute atomic E-state index is 0.0261. The molecule has 13 heteroatoms. The SMILES string of the molecule is COCOc1c(-c2cc(C(=O)/N=C/N(C)C)c3cc(N4C[C@@H](C)N(C(=O)OC(C)(C)C)[C@@H](C)C4)cnc3n2)cc2cn(C)nc2c1C. The van der Waals surface area contributed by atoms with E-state index in [2.05, 4.69) is 15.0 Å². The molecular weight excluding hydrogens is 600 g/mol. The molecule has 2 amide bonds. The third kappa shape index (κ3) is 7.14. The van der Waals surface area contributed by atoms with Crippen LogP contribution in [-0.4, -0.2) is 107 Å². The van der Waals surface area contributed by atoms with Gasteiger partial charge in [-0.3, -0.25) is 14.4 Å². The summed E-state index contributed by atoms with van der Waals surface area (Å²) >= 11 is 0. The molecule has 0 unspecified atom stereocenters. The average Bonchev–Trinajstić information content (AvgIpc) is 3.37. The zero-order valence-electron chi connectivity index (χ0n) is 28.9. The van der Waals surface area contributed by atoms with Gasteiger partial charge in [0.1, 0.15) is 11.4 Å². The molecule has 3 aromatic heterocycles. The summed E-state index contributed by atoms with van der Waals surface area (Å²) in [5, 5.41) is 6.07. The average molecular weight is 645 g/mol. The molecule has 0 radical (unpaired) electrons. The van der Waals surface area contributed by atoms with E-state index in [-0.39, 0.29) is 25.0 Å². The second-order valence-electron chi connectivity index (χ2n) is 13.3. The third-order valence-electron chi connectivity index (χ3n) is 7.87. The van der Waals surface area contributed by atoms with Gasteiger partial charge in [0.2, 0.25) is 0 Å². The number of rotatable bonds is 7. The van der Waals surface area contributed by atoms with Crippen LogP contribution in [0.1, 0.15) is 50.5 Å². The Hall–Kier alpha value is -4.78. The molecule has 1 fully saturated rings. The van der Waals surface area contributed by atoms with Gasteiger partial charge in [0.25, 0.3) is 5.91 Å².